The van der Waals surface area contributed by atoms with E-state index in [0.717, 1.165) is 0 Å². The second-order valence-electron chi connectivity index (χ2n) is 1.74. The molecule has 0 aliphatic rings. The van der Waals surface area contributed by atoms with Crippen molar-refractivity contribution in [3.05, 3.63) is 36.3 Å². The van der Waals surface area contributed by atoms with Gasteiger partial charge in [-0.1, -0.05) is 19.1 Å². The molecule has 0 bridgehead atoms. The minimum absolute atomic E-state index is 0.123. The molecule has 10 heavy (non-hydrogen) atoms. The average molecular weight is 141 g/mol. The third-order valence-electron chi connectivity index (χ3n) is 0.948. The van der Waals surface area contributed by atoms with Gasteiger partial charge in [-0.3, -0.25) is 0 Å². The smallest absolute Gasteiger partial charge is 0.0996 e. The molecule has 0 fully saturated rings. The van der Waals surface area contributed by atoms with Crippen LogP contribution in [0.15, 0.2) is 36.3 Å². The highest BCUT2D eigenvalue weighted by Gasteiger charge is 1.81. The summed E-state index contributed by atoms with van der Waals surface area (Å²) >= 11 is 0. The predicted molar refractivity (Wildman–Crippen MR) is 41.9 cm³/mol. The van der Waals surface area contributed by atoms with Crippen molar-refractivity contribution in [1.29, 1.82) is 0 Å². The molecule has 0 aromatic rings. The van der Waals surface area contributed by atoms with Gasteiger partial charge in [0.15, 0.2) is 0 Å². The fraction of sp³-hybridized carbons (Fsp3) is 0.250. The van der Waals surface area contributed by atoms with E-state index < -0.39 is 0 Å². The minimum atomic E-state index is -0.123. The lowest BCUT2D eigenvalue weighted by atomic mass is 10.3. The molecule has 0 amide bonds. The molecule has 0 heterocycles. The molecule has 0 spiro atoms. The van der Waals surface area contributed by atoms with E-state index in [1.165, 1.54) is 12.3 Å². The van der Waals surface area contributed by atoms with E-state index in [1.807, 2.05) is 0 Å². The van der Waals surface area contributed by atoms with Crippen molar-refractivity contribution in [3.63, 3.8) is 0 Å². The van der Waals surface area contributed by atoms with Gasteiger partial charge < -0.3 is 5.73 Å². The van der Waals surface area contributed by atoms with Crippen LogP contribution in [0.1, 0.15) is 13.3 Å². The molecule has 0 saturated carbocycles. The summed E-state index contributed by atoms with van der Waals surface area (Å²) in [6.07, 6.45) is 8.18. The van der Waals surface area contributed by atoms with Crippen LogP contribution in [0.2, 0.25) is 0 Å². The second-order valence-corrected chi connectivity index (χ2v) is 1.74. The highest BCUT2D eigenvalue weighted by Crippen LogP contribution is 2.00. The van der Waals surface area contributed by atoms with Crippen LogP contribution in [0.5, 0.6) is 0 Å². The Kier molecular flexibility index (Phi) is 5.44. The maximum atomic E-state index is 12.3. The van der Waals surface area contributed by atoms with Crippen LogP contribution >= 0.6 is 0 Å². The Morgan fingerprint density at radius 3 is 2.60 bits per heavy atom. The van der Waals surface area contributed by atoms with Crippen LogP contribution in [-0.2, 0) is 0 Å². The Morgan fingerprint density at radius 1 is 1.40 bits per heavy atom. The van der Waals surface area contributed by atoms with Crippen LogP contribution < -0.4 is 5.73 Å². The lowest BCUT2D eigenvalue weighted by molar-refractivity contribution is 0.604. The first kappa shape index (κ1) is 8.95. The van der Waals surface area contributed by atoms with Gasteiger partial charge in [0.2, 0.25) is 0 Å². The maximum absolute atomic E-state index is 12.3. The van der Waals surface area contributed by atoms with Crippen molar-refractivity contribution in [1.82, 2.24) is 0 Å². The zero-order valence-corrected chi connectivity index (χ0v) is 6.05. The molecule has 0 saturated heterocycles. The first-order chi connectivity index (χ1) is 4.81. The Labute approximate surface area is 60.7 Å². The van der Waals surface area contributed by atoms with Gasteiger partial charge in [-0.05, 0) is 24.8 Å². The summed E-state index contributed by atoms with van der Waals surface area (Å²) in [5.41, 5.74) is 5.03. The number of halogens is 1. The van der Waals surface area contributed by atoms with Crippen LogP contribution in [0.3, 0.4) is 0 Å². The zero-order chi connectivity index (χ0) is 7.82. The van der Waals surface area contributed by atoms with E-state index in [0.29, 0.717) is 6.42 Å². The molecular weight excluding hydrogens is 129 g/mol. The Balaban J connectivity index is 3.70. The van der Waals surface area contributed by atoms with E-state index in [4.69, 9.17) is 5.73 Å². The van der Waals surface area contributed by atoms with Crippen molar-refractivity contribution < 1.29 is 4.39 Å². The third-order valence-corrected chi connectivity index (χ3v) is 0.948. The van der Waals surface area contributed by atoms with Crippen molar-refractivity contribution in [2.75, 3.05) is 0 Å². The molecule has 0 radical (unpaired) electrons. The zero-order valence-electron chi connectivity index (χ0n) is 6.05. The van der Waals surface area contributed by atoms with Gasteiger partial charge in [-0.25, -0.2) is 4.39 Å². The SMILES string of the molecule is CC\C(F)=C/C=C\C=C\N. The monoisotopic (exact) mass is 141 g/mol. The van der Waals surface area contributed by atoms with Crippen molar-refractivity contribution in [3.8, 4) is 0 Å². The maximum Gasteiger partial charge on any atom is 0.0996 e. The molecule has 0 aromatic carbocycles. The Bertz CT molecular complexity index is 157. The lowest BCUT2D eigenvalue weighted by Crippen LogP contribution is -1.72. The molecule has 0 unspecified atom stereocenters. The highest BCUT2D eigenvalue weighted by molar-refractivity contribution is 5.12. The van der Waals surface area contributed by atoms with Gasteiger partial charge in [0.25, 0.3) is 0 Å². The summed E-state index contributed by atoms with van der Waals surface area (Å²) in [6.45, 7) is 1.76. The molecule has 0 atom stereocenters. The molecule has 0 rings (SSSR count). The van der Waals surface area contributed by atoms with E-state index in [2.05, 4.69) is 0 Å². The average Bonchev–Trinajstić information content (AvgIpc) is 1.98. The van der Waals surface area contributed by atoms with E-state index in [-0.39, 0.29) is 5.83 Å². The lowest BCUT2D eigenvalue weighted by Gasteiger charge is -1.82. The normalized spacial score (nSPS) is 13.6. The molecule has 2 N–H and O–H groups in total. The summed E-state index contributed by atoms with van der Waals surface area (Å²) in [7, 11) is 0. The van der Waals surface area contributed by atoms with Gasteiger partial charge in [-0.2, -0.15) is 0 Å². The standard InChI is InChI=1S/C8H12FN/c1-2-8(9)6-4-3-5-7-10/h3-7H,2,10H2,1H3/b4-3-,7-5+,8-6+. The number of hydrogen-bond donors (Lipinski definition) is 1. The molecule has 0 aliphatic carbocycles. The fourth-order valence-electron chi connectivity index (χ4n) is 0.406. The van der Waals surface area contributed by atoms with Crippen molar-refractivity contribution >= 4 is 0 Å². The molecule has 56 valence electrons. The van der Waals surface area contributed by atoms with Gasteiger partial charge in [0, 0.05) is 0 Å². The summed E-state index contributed by atoms with van der Waals surface area (Å²) < 4.78 is 12.3. The summed E-state index contributed by atoms with van der Waals surface area (Å²) in [5.74, 6) is -0.123. The topological polar surface area (TPSA) is 26.0 Å². The van der Waals surface area contributed by atoms with Gasteiger partial charge in [0.05, 0.1) is 5.83 Å². The van der Waals surface area contributed by atoms with E-state index >= 15 is 0 Å². The first-order valence-electron chi connectivity index (χ1n) is 3.20. The van der Waals surface area contributed by atoms with Gasteiger partial charge in [0.1, 0.15) is 0 Å². The molecule has 1 nitrogen and oxygen atoms in total. The minimum Gasteiger partial charge on any atom is -0.405 e. The van der Waals surface area contributed by atoms with Crippen LogP contribution in [-0.4, -0.2) is 0 Å². The van der Waals surface area contributed by atoms with Crippen LogP contribution in [0.25, 0.3) is 0 Å². The van der Waals surface area contributed by atoms with E-state index in [9.17, 15) is 4.39 Å². The number of rotatable bonds is 3. The quantitative estimate of drug-likeness (QED) is 0.599. The summed E-state index contributed by atoms with van der Waals surface area (Å²) in [4.78, 5) is 0. The van der Waals surface area contributed by atoms with E-state index in [1.54, 1.807) is 25.2 Å². The first-order valence-corrected chi connectivity index (χ1v) is 3.20. The molecule has 0 aliphatic heterocycles. The number of nitrogens with two attached hydrogens (primary N) is 1. The third kappa shape index (κ3) is 5.09. The molecule has 2 heteroatoms. The van der Waals surface area contributed by atoms with Crippen LogP contribution in [0, 0.1) is 0 Å². The Morgan fingerprint density at radius 2 is 2.10 bits per heavy atom. The largest absolute Gasteiger partial charge is 0.405 e. The number of hydrogen-bond acceptors (Lipinski definition) is 1. The molecule has 0 aromatic heterocycles. The second kappa shape index (κ2) is 6.08. The Hall–Kier alpha value is -1.05. The van der Waals surface area contributed by atoms with Gasteiger partial charge >= 0.3 is 0 Å². The number of allylic oxidation sites excluding steroid dienone is 5. The van der Waals surface area contributed by atoms with Crippen molar-refractivity contribution in [2.45, 2.75) is 13.3 Å². The summed E-state index contributed by atoms with van der Waals surface area (Å²) in [6, 6.07) is 0. The van der Waals surface area contributed by atoms with Crippen molar-refractivity contribution in [2.24, 2.45) is 5.73 Å². The van der Waals surface area contributed by atoms with Gasteiger partial charge in [-0.15, -0.1) is 0 Å². The fourth-order valence-corrected chi connectivity index (χ4v) is 0.406. The van der Waals surface area contributed by atoms with Crippen LogP contribution in [0.4, 0.5) is 4.39 Å². The molecular formula is C8H12FN. The summed E-state index contributed by atoms with van der Waals surface area (Å²) in [5, 5.41) is 0. The predicted octanol–water partition coefficient (Wildman–Crippen LogP) is 2.28. The highest BCUT2D eigenvalue weighted by atomic mass is 19.1.